The molecule has 0 spiro atoms. The molecule has 31 heavy (non-hydrogen) atoms. The van der Waals surface area contributed by atoms with Crippen LogP contribution in [-0.2, 0) is 4.74 Å². The summed E-state index contributed by atoms with van der Waals surface area (Å²) in [6.07, 6.45) is -5.80. The van der Waals surface area contributed by atoms with Crippen LogP contribution < -0.4 is 10.2 Å². The standard InChI is InChI=1S/C21H20O10/c22-7-16-18(26)19(27)20(28)21(31-16)30-10-3-1-9(2-4-10)12-8-29-15-6-14(24)13(23)5-11(15)17(12)25/h1-6,8,16,18-24,26-28H,7H2/t16-,18-,19+,20-,21+/m1/s1. The van der Waals surface area contributed by atoms with Crippen molar-refractivity contribution >= 4 is 11.0 Å². The highest BCUT2D eigenvalue weighted by Crippen LogP contribution is 2.31. The minimum absolute atomic E-state index is 0.0921. The summed E-state index contributed by atoms with van der Waals surface area (Å²) in [4.78, 5) is 12.8. The Morgan fingerprint density at radius 2 is 1.61 bits per heavy atom. The zero-order valence-corrected chi connectivity index (χ0v) is 16.0. The summed E-state index contributed by atoms with van der Waals surface area (Å²) in [5.74, 6) is -0.612. The fraction of sp³-hybridized carbons (Fsp3) is 0.286. The first-order valence-corrected chi connectivity index (χ1v) is 9.35. The number of benzene rings is 2. The number of hydrogen-bond acceptors (Lipinski definition) is 10. The van der Waals surface area contributed by atoms with E-state index in [-0.39, 0.29) is 22.3 Å². The average Bonchev–Trinajstić information content (AvgIpc) is 2.76. The fourth-order valence-corrected chi connectivity index (χ4v) is 3.36. The van der Waals surface area contributed by atoms with Crippen LogP contribution in [0.2, 0.25) is 0 Å². The van der Waals surface area contributed by atoms with Crippen molar-refractivity contribution in [3.05, 3.63) is 52.9 Å². The average molecular weight is 432 g/mol. The van der Waals surface area contributed by atoms with E-state index in [9.17, 15) is 35.4 Å². The number of ether oxygens (including phenoxy) is 2. The molecule has 10 nitrogen and oxygen atoms in total. The van der Waals surface area contributed by atoms with Gasteiger partial charge in [-0.1, -0.05) is 12.1 Å². The van der Waals surface area contributed by atoms with Crippen molar-refractivity contribution in [2.45, 2.75) is 30.7 Å². The van der Waals surface area contributed by atoms with E-state index in [0.717, 1.165) is 12.1 Å². The number of aliphatic hydroxyl groups excluding tert-OH is 4. The molecule has 0 bridgehead atoms. The second-order valence-electron chi connectivity index (χ2n) is 7.16. The van der Waals surface area contributed by atoms with Crippen LogP contribution in [0, 0.1) is 0 Å². The largest absolute Gasteiger partial charge is 0.504 e. The molecular formula is C21H20O10. The van der Waals surface area contributed by atoms with Crippen LogP contribution in [-0.4, -0.2) is 68.0 Å². The van der Waals surface area contributed by atoms with Crippen LogP contribution in [0.15, 0.2) is 51.9 Å². The molecule has 4 rings (SSSR count). The molecule has 164 valence electrons. The van der Waals surface area contributed by atoms with E-state index in [1.54, 1.807) is 12.1 Å². The van der Waals surface area contributed by atoms with Crippen molar-refractivity contribution in [3.8, 4) is 28.4 Å². The van der Waals surface area contributed by atoms with Gasteiger partial charge in [0.25, 0.3) is 0 Å². The van der Waals surface area contributed by atoms with E-state index < -0.39 is 54.2 Å². The quantitative estimate of drug-likeness (QED) is 0.310. The van der Waals surface area contributed by atoms with Crippen LogP contribution in [0.25, 0.3) is 22.1 Å². The van der Waals surface area contributed by atoms with Gasteiger partial charge in [-0.2, -0.15) is 0 Å². The molecule has 0 aliphatic carbocycles. The minimum atomic E-state index is -1.56. The van der Waals surface area contributed by atoms with Crippen molar-refractivity contribution in [2.24, 2.45) is 0 Å². The Morgan fingerprint density at radius 3 is 2.29 bits per heavy atom. The molecule has 2 heterocycles. The molecule has 0 saturated carbocycles. The molecule has 1 aliphatic rings. The van der Waals surface area contributed by atoms with E-state index >= 15 is 0 Å². The number of hydrogen-bond donors (Lipinski definition) is 6. The van der Waals surface area contributed by atoms with Crippen molar-refractivity contribution in [1.29, 1.82) is 0 Å². The molecule has 1 aromatic heterocycles. The summed E-state index contributed by atoms with van der Waals surface area (Å²) in [6.45, 7) is -0.575. The summed E-state index contributed by atoms with van der Waals surface area (Å²) in [5.41, 5.74) is 0.382. The molecule has 0 unspecified atom stereocenters. The number of aromatic hydroxyl groups is 2. The number of rotatable bonds is 4. The van der Waals surface area contributed by atoms with Gasteiger partial charge in [-0.25, -0.2) is 0 Å². The van der Waals surface area contributed by atoms with Crippen molar-refractivity contribution in [2.75, 3.05) is 6.61 Å². The third-order valence-corrected chi connectivity index (χ3v) is 5.14. The zero-order chi connectivity index (χ0) is 22.3. The number of phenols is 2. The first-order chi connectivity index (χ1) is 14.8. The van der Waals surface area contributed by atoms with Crippen LogP contribution in [0.5, 0.6) is 17.2 Å². The smallest absolute Gasteiger partial charge is 0.229 e. The SMILES string of the molecule is O=c1c(-c2ccc(O[C@H]3O[C@H](CO)[C@@H](O)[C@H](O)[C@H]3O)cc2)coc2cc(O)c(O)cc12. The monoisotopic (exact) mass is 432 g/mol. The van der Waals surface area contributed by atoms with Gasteiger partial charge in [0.05, 0.1) is 17.6 Å². The maximum absolute atomic E-state index is 12.8. The molecule has 1 aliphatic heterocycles. The summed E-state index contributed by atoms with van der Waals surface area (Å²) in [6, 6.07) is 8.36. The molecule has 1 saturated heterocycles. The molecule has 0 amide bonds. The van der Waals surface area contributed by atoms with Crippen LogP contribution in [0.3, 0.4) is 0 Å². The lowest BCUT2D eigenvalue weighted by molar-refractivity contribution is -0.277. The van der Waals surface area contributed by atoms with Gasteiger partial charge in [0.15, 0.2) is 11.5 Å². The van der Waals surface area contributed by atoms with E-state index in [1.165, 1.54) is 18.4 Å². The third-order valence-electron chi connectivity index (χ3n) is 5.14. The number of phenolic OH excluding ortho intramolecular Hbond substituents is 2. The molecule has 6 N–H and O–H groups in total. The Morgan fingerprint density at radius 1 is 0.935 bits per heavy atom. The predicted octanol–water partition coefficient (Wildman–Crippen LogP) is 0.0499. The van der Waals surface area contributed by atoms with Crippen molar-refractivity contribution < 1.29 is 44.5 Å². The predicted molar refractivity (Wildman–Crippen MR) is 106 cm³/mol. The topological polar surface area (TPSA) is 170 Å². The number of fused-ring (bicyclic) bond motifs is 1. The summed E-state index contributed by atoms with van der Waals surface area (Å²) in [5, 5.41) is 58.3. The van der Waals surface area contributed by atoms with Crippen LogP contribution in [0.1, 0.15) is 0 Å². The summed E-state index contributed by atoms with van der Waals surface area (Å²) < 4.78 is 16.2. The highest BCUT2D eigenvalue weighted by molar-refractivity contribution is 5.84. The lowest BCUT2D eigenvalue weighted by atomic mass is 9.99. The van der Waals surface area contributed by atoms with Gasteiger partial charge < -0.3 is 44.5 Å². The zero-order valence-electron chi connectivity index (χ0n) is 16.0. The fourth-order valence-electron chi connectivity index (χ4n) is 3.36. The van der Waals surface area contributed by atoms with Crippen LogP contribution >= 0.6 is 0 Å². The van der Waals surface area contributed by atoms with Crippen molar-refractivity contribution in [3.63, 3.8) is 0 Å². The Labute approximate surface area is 174 Å². The number of aliphatic hydroxyl groups is 4. The van der Waals surface area contributed by atoms with E-state index in [2.05, 4.69) is 0 Å². The second-order valence-corrected chi connectivity index (χ2v) is 7.16. The van der Waals surface area contributed by atoms with Gasteiger partial charge >= 0.3 is 0 Å². The molecule has 2 aromatic carbocycles. The Hall–Kier alpha value is -3.15. The van der Waals surface area contributed by atoms with Gasteiger partial charge in [-0.05, 0) is 23.8 Å². The Bertz CT molecular complexity index is 1140. The third kappa shape index (κ3) is 3.82. The van der Waals surface area contributed by atoms with E-state index in [1.807, 2.05) is 0 Å². The maximum atomic E-state index is 12.8. The molecular weight excluding hydrogens is 412 g/mol. The molecule has 10 heteroatoms. The molecule has 1 fully saturated rings. The highest BCUT2D eigenvalue weighted by Gasteiger charge is 2.44. The summed E-state index contributed by atoms with van der Waals surface area (Å²) in [7, 11) is 0. The van der Waals surface area contributed by atoms with E-state index in [0.29, 0.717) is 5.56 Å². The molecule has 3 aromatic rings. The van der Waals surface area contributed by atoms with Gasteiger partial charge in [0.1, 0.15) is 42.0 Å². The first kappa shape index (κ1) is 21.1. The van der Waals surface area contributed by atoms with Crippen molar-refractivity contribution in [1.82, 2.24) is 0 Å². The minimum Gasteiger partial charge on any atom is -0.504 e. The lowest BCUT2D eigenvalue weighted by Crippen LogP contribution is -2.60. The normalized spacial score (nSPS) is 26.1. The van der Waals surface area contributed by atoms with Gasteiger partial charge in [0.2, 0.25) is 11.7 Å². The molecule has 5 atom stereocenters. The Balaban J connectivity index is 1.58. The summed E-state index contributed by atoms with van der Waals surface area (Å²) >= 11 is 0. The Kier molecular flexibility index (Phi) is 5.56. The highest BCUT2D eigenvalue weighted by atomic mass is 16.7. The molecule has 0 radical (unpaired) electrons. The second kappa shape index (κ2) is 8.17. The first-order valence-electron chi connectivity index (χ1n) is 9.35. The van der Waals surface area contributed by atoms with Crippen LogP contribution in [0.4, 0.5) is 0 Å². The van der Waals surface area contributed by atoms with Gasteiger partial charge in [0, 0.05) is 6.07 Å². The van der Waals surface area contributed by atoms with Gasteiger partial charge in [-0.15, -0.1) is 0 Å². The van der Waals surface area contributed by atoms with Gasteiger partial charge in [-0.3, -0.25) is 4.79 Å². The lowest BCUT2D eigenvalue weighted by Gasteiger charge is -2.39. The maximum Gasteiger partial charge on any atom is 0.229 e. The van der Waals surface area contributed by atoms with E-state index in [4.69, 9.17) is 13.9 Å².